The van der Waals surface area contributed by atoms with E-state index in [4.69, 9.17) is 0 Å². The first kappa shape index (κ1) is 23.2. The smallest absolute Gasteiger partial charge is 0.225 e. The molecule has 1 aliphatic rings. The molecule has 0 bridgehead atoms. The Morgan fingerprint density at radius 3 is 2.52 bits per heavy atom. The number of aliphatic imine (C=N–C) groups is 1. The molecule has 1 aromatic carbocycles. The van der Waals surface area contributed by atoms with Crippen molar-refractivity contribution < 1.29 is 9.59 Å². The topological polar surface area (TPSA) is 94.6 Å². The lowest BCUT2D eigenvalue weighted by Crippen LogP contribution is -2.44. The van der Waals surface area contributed by atoms with Gasteiger partial charge in [-0.05, 0) is 11.6 Å². The summed E-state index contributed by atoms with van der Waals surface area (Å²) < 4.78 is 0. The number of nitrogens with zero attached hydrogens (tertiary/aromatic N) is 1. The Morgan fingerprint density at radius 1 is 1.19 bits per heavy atom. The lowest BCUT2D eigenvalue weighted by molar-refractivity contribution is -0.128. The van der Waals surface area contributed by atoms with Crippen molar-refractivity contribution in [3.05, 3.63) is 29.8 Å². The molecule has 150 valence electrons. The van der Waals surface area contributed by atoms with E-state index in [0.29, 0.717) is 32.0 Å². The Balaban J connectivity index is 0.00000364. The van der Waals surface area contributed by atoms with E-state index in [1.54, 1.807) is 7.05 Å². The van der Waals surface area contributed by atoms with E-state index in [9.17, 15) is 9.59 Å². The van der Waals surface area contributed by atoms with E-state index in [-0.39, 0.29) is 41.7 Å². The van der Waals surface area contributed by atoms with Gasteiger partial charge >= 0.3 is 0 Å². The number of anilines is 1. The molecule has 2 rings (SSSR count). The molecule has 7 nitrogen and oxygen atoms in total. The highest BCUT2D eigenvalue weighted by atomic mass is 127. The van der Waals surface area contributed by atoms with Crippen LogP contribution in [0.2, 0.25) is 0 Å². The average Bonchev–Trinajstić information content (AvgIpc) is 2.59. The zero-order chi connectivity index (χ0) is 19.2. The molecule has 1 atom stereocenters. The van der Waals surface area contributed by atoms with Crippen LogP contribution in [0.5, 0.6) is 0 Å². The van der Waals surface area contributed by atoms with Gasteiger partial charge in [-0.15, -0.1) is 24.0 Å². The molecule has 1 aliphatic heterocycles. The second kappa shape index (κ2) is 10.5. The number of benzene rings is 1. The third kappa shape index (κ3) is 7.00. The summed E-state index contributed by atoms with van der Waals surface area (Å²) in [5.74, 6) is 0.799. The Morgan fingerprint density at radius 2 is 1.85 bits per heavy atom. The van der Waals surface area contributed by atoms with Gasteiger partial charge in [-0.25, -0.2) is 0 Å². The maximum Gasteiger partial charge on any atom is 0.225 e. The van der Waals surface area contributed by atoms with Crippen molar-refractivity contribution in [1.82, 2.24) is 16.0 Å². The molecule has 1 aromatic rings. The number of halogens is 1. The Bertz CT molecular complexity index is 685. The second-order valence-corrected chi connectivity index (χ2v) is 7.42. The summed E-state index contributed by atoms with van der Waals surface area (Å²) in [7, 11) is 1.70. The minimum atomic E-state index is -0.394. The molecule has 0 aromatic heterocycles. The molecule has 1 heterocycles. The fourth-order valence-electron chi connectivity index (χ4n) is 2.75. The number of guanidine groups is 1. The largest absolute Gasteiger partial charge is 0.356 e. The monoisotopic (exact) mass is 487 g/mol. The summed E-state index contributed by atoms with van der Waals surface area (Å²) in [5, 5.41) is 12.2. The molecule has 4 N–H and O–H groups in total. The predicted octanol–water partition coefficient (Wildman–Crippen LogP) is 2.06. The highest BCUT2D eigenvalue weighted by Gasteiger charge is 2.24. The van der Waals surface area contributed by atoms with Gasteiger partial charge in [0.05, 0.1) is 0 Å². The SMILES string of the molecule is CN=C(NCCNC(=O)C(C)(C)C)NCC1CC(=O)Nc2ccccc21.I. The summed E-state index contributed by atoms with van der Waals surface area (Å²) in [6, 6.07) is 7.86. The van der Waals surface area contributed by atoms with Crippen molar-refractivity contribution in [2.45, 2.75) is 33.1 Å². The number of carbonyl (C=O) groups is 2. The summed E-state index contributed by atoms with van der Waals surface area (Å²) >= 11 is 0. The molecule has 0 saturated heterocycles. The van der Waals surface area contributed by atoms with Crippen LogP contribution in [-0.2, 0) is 9.59 Å². The Labute approximate surface area is 178 Å². The van der Waals surface area contributed by atoms with Crippen LogP contribution in [0.4, 0.5) is 5.69 Å². The van der Waals surface area contributed by atoms with Crippen LogP contribution in [0, 0.1) is 5.41 Å². The van der Waals surface area contributed by atoms with Crippen LogP contribution >= 0.6 is 24.0 Å². The highest BCUT2D eigenvalue weighted by Crippen LogP contribution is 2.31. The molecule has 0 fully saturated rings. The van der Waals surface area contributed by atoms with Gasteiger partial charge in [-0.1, -0.05) is 39.0 Å². The molecule has 1 unspecified atom stereocenters. The Kier molecular flexibility index (Phi) is 9.01. The quantitative estimate of drug-likeness (QED) is 0.221. The van der Waals surface area contributed by atoms with Gasteiger partial charge in [0, 0.05) is 50.1 Å². The van der Waals surface area contributed by atoms with Crippen molar-refractivity contribution in [3.8, 4) is 0 Å². The van der Waals surface area contributed by atoms with Gasteiger partial charge in [0.25, 0.3) is 0 Å². The second-order valence-electron chi connectivity index (χ2n) is 7.42. The molecule has 2 amide bonds. The van der Waals surface area contributed by atoms with Crippen LogP contribution in [0.25, 0.3) is 0 Å². The maximum atomic E-state index is 11.9. The van der Waals surface area contributed by atoms with Crippen LogP contribution in [0.15, 0.2) is 29.3 Å². The van der Waals surface area contributed by atoms with E-state index in [1.807, 2.05) is 45.0 Å². The van der Waals surface area contributed by atoms with Crippen LogP contribution < -0.4 is 21.3 Å². The molecule has 0 saturated carbocycles. The molecule has 0 aliphatic carbocycles. The van der Waals surface area contributed by atoms with Gasteiger partial charge in [0.1, 0.15) is 0 Å². The third-order valence-corrected chi connectivity index (χ3v) is 4.23. The van der Waals surface area contributed by atoms with Crippen molar-refractivity contribution >= 4 is 47.4 Å². The molecular weight excluding hydrogens is 457 g/mol. The maximum absolute atomic E-state index is 11.9. The number of fused-ring (bicyclic) bond motifs is 1. The van der Waals surface area contributed by atoms with Gasteiger partial charge < -0.3 is 21.3 Å². The molecule has 0 spiro atoms. The molecule has 27 heavy (non-hydrogen) atoms. The summed E-state index contributed by atoms with van der Waals surface area (Å²) in [5.41, 5.74) is 1.62. The number of hydrogen-bond acceptors (Lipinski definition) is 3. The van der Waals surface area contributed by atoms with Gasteiger partial charge in [-0.2, -0.15) is 0 Å². The molecule has 8 heteroatoms. The van der Waals surface area contributed by atoms with Crippen LogP contribution in [-0.4, -0.2) is 44.5 Å². The van der Waals surface area contributed by atoms with Crippen molar-refractivity contribution in [2.24, 2.45) is 10.4 Å². The minimum absolute atomic E-state index is 0. The fraction of sp³-hybridized carbons (Fsp3) is 0.526. The van der Waals surface area contributed by atoms with E-state index in [2.05, 4.69) is 26.3 Å². The van der Waals surface area contributed by atoms with Crippen molar-refractivity contribution in [3.63, 3.8) is 0 Å². The summed E-state index contributed by atoms with van der Waals surface area (Å²) in [6.45, 7) is 7.35. The van der Waals surface area contributed by atoms with Crippen molar-refractivity contribution in [2.75, 3.05) is 32.0 Å². The number of carbonyl (C=O) groups excluding carboxylic acids is 2. The number of nitrogens with one attached hydrogen (secondary N) is 4. The molecular formula is C19H30IN5O2. The fourth-order valence-corrected chi connectivity index (χ4v) is 2.75. The number of hydrogen-bond donors (Lipinski definition) is 4. The number of para-hydroxylation sites is 1. The van der Waals surface area contributed by atoms with E-state index in [0.717, 1.165) is 11.3 Å². The van der Waals surface area contributed by atoms with Crippen molar-refractivity contribution in [1.29, 1.82) is 0 Å². The van der Waals surface area contributed by atoms with Gasteiger partial charge in [0.2, 0.25) is 11.8 Å². The zero-order valence-corrected chi connectivity index (χ0v) is 18.7. The standard InChI is InChI=1S/C19H29N5O2.HI/c1-19(2,3)17(26)21-9-10-22-18(20-4)23-12-13-11-16(25)24-15-8-6-5-7-14(13)15;/h5-8,13H,9-12H2,1-4H3,(H,21,26)(H,24,25)(H2,20,22,23);1H. The molecule has 0 radical (unpaired) electrons. The normalized spacial score (nSPS) is 16.5. The lowest BCUT2D eigenvalue weighted by Gasteiger charge is -2.26. The zero-order valence-electron chi connectivity index (χ0n) is 16.4. The first-order chi connectivity index (χ1) is 12.3. The number of amides is 2. The van der Waals surface area contributed by atoms with Gasteiger partial charge in [-0.3, -0.25) is 14.6 Å². The Hall–Kier alpha value is -1.84. The summed E-state index contributed by atoms with van der Waals surface area (Å²) in [6.07, 6.45) is 0.447. The average molecular weight is 487 g/mol. The summed E-state index contributed by atoms with van der Waals surface area (Å²) in [4.78, 5) is 27.9. The van der Waals surface area contributed by atoms with E-state index < -0.39 is 5.41 Å². The van der Waals surface area contributed by atoms with E-state index in [1.165, 1.54) is 0 Å². The first-order valence-electron chi connectivity index (χ1n) is 8.93. The van der Waals surface area contributed by atoms with Crippen LogP contribution in [0.3, 0.4) is 0 Å². The van der Waals surface area contributed by atoms with Crippen LogP contribution in [0.1, 0.15) is 38.7 Å². The minimum Gasteiger partial charge on any atom is -0.356 e. The predicted molar refractivity (Wildman–Crippen MR) is 120 cm³/mol. The van der Waals surface area contributed by atoms with E-state index >= 15 is 0 Å². The highest BCUT2D eigenvalue weighted by molar-refractivity contribution is 14.0. The van der Waals surface area contributed by atoms with Gasteiger partial charge in [0.15, 0.2) is 5.96 Å². The lowest BCUT2D eigenvalue weighted by atomic mass is 9.90. The number of rotatable bonds is 5. The third-order valence-electron chi connectivity index (χ3n) is 4.23. The first-order valence-corrected chi connectivity index (χ1v) is 8.93.